The van der Waals surface area contributed by atoms with Crippen molar-refractivity contribution in [1.29, 1.82) is 0 Å². The Morgan fingerprint density at radius 2 is 2.27 bits per heavy atom. The predicted molar refractivity (Wildman–Crippen MR) is 36.4 cm³/mol. The van der Waals surface area contributed by atoms with E-state index in [0.717, 1.165) is 0 Å². The average Bonchev–Trinajstić information content (AvgIpc) is 1.88. The van der Waals surface area contributed by atoms with E-state index < -0.39 is 11.1 Å². The fraction of sp³-hybridized carbons (Fsp3) is 0. The van der Waals surface area contributed by atoms with Gasteiger partial charge in [-0.3, -0.25) is 9.19 Å². The van der Waals surface area contributed by atoms with Gasteiger partial charge in [0.2, 0.25) is 0 Å². The summed E-state index contributed by atoms with van der Waals surface area (Å²) in [5.74, 6) is 0. The number of halogens is 1. The van der Waals surface area contributed by atoms with Gasteiger partial charge in [-0.2, -0.15) is 0 Å². The Labute approximate surface area is 93.7 Å². The number of hydrogen-bond acceptors (Lipinski definition) is 3. The predicted octanol–water partition coefficient (Wildman–Crippen LogP) is -2.02. The third-order valence-electron chi connectivity index (χ3n) is 0.914. The zero-order chi connectivity index (χ0) is 7.56. The number of nitrogens with zero attached hydrogens (tertiary/aromatic N) is 1. The second-order valence-electron chi connectivity index (χ2n) is 1.54. The van der Waals surface area contributed by atoms with Crippen molar-refractivity contribution >= 4 is 22.7 Å². The van der Waals surface area contributed by atoms with E-state index in [1.54, 1.807) is 0 Å². The second-order valence-corrected chi connectivity index (χ2v) is 2.86. The molecule has 0 spiro atoms. The van der Waals surface area contributed by atoms with Gasteiger partial charge in [-0.05, 0) is 17.1 Å². The second kappa shape index (κ2) is 5.24. The first-order valence-corrected chi connectivity index (χ1v) is 3.86. The van der Waals surface area contributed by atoms with Crippen LogP contribution in [0.4, 0.5) is 0 Å². The minimum absolute atomic E-state index is 0. The van der Waals surface area contributed by atoms with Crippen molar-refractivity contribution in [1.82, 2.24) is 4.98 Å². The van der Waals surface area contributed by atoms with E-state index in [1.165, 1.54) is 18.5 Å². The normalized spacial score (nSPS) is 11.8. The van der Waals surface area contributed by atoms with Crippen molar-refractivity contribution in [2.75, 3.05) is 0 Å². The molecule has 1 unspecified atom stereocenters. The summed E-state index contributed by atoms with van der Waals surface area (Å²) in [4.78, 5) is 3.62. The quantitative estimate of drug-likeness (QED) is 0.388. The van der Waals surface area contributed by atoms with E-state index in [2.05, 4.69) is 4.98 Å². The summed E-state index contributed by atoms with van der Waals surface area (Å²) in [5.41, 5.74) is 0. The summed E-state index contributed by atoms with van der Waals surface area (Å²) >= 11 is 3.20. The van der Waals surface area contributed by atoms with Crippen LogP contribution in [-0.4, -0.2) is 13.7 Å². The molecular weight excluding hydrogens is 197 g/mol. The Morgan fingerprint density at radius 1 is 1.64 bits per heavy atom. The van der Waals surface area contributed by atoms with Crippen LogP contribution in [-0.2, 0) is 11.1 Å². The first-order valence-electron chi connectivity index (χ1n) is 2.40. The molecule has 6 heteroatoms. The van der Waals surface area contributed by atoms with E-state index >= 15 is 0 Å². The molecule has 0 N–H and O–H groups in total. The molecule has 1 heterocycles. The molecule has 0 bridgehead atoms. The van der Waals surface area contributed by atoms with Crippen molar-refractivity contribution in [3.63, 3.8) is 0 Å². The van der Waals surface area contributed by atoms with Gasteiger partial charge in [-0.25, -0.2) is 0 Å². The van der Waals surface area contributed by atoms with Gasteiger partial charge in [0.25, 0.3) is 0 Å². The molecule has 0 aliphatic carbocycles. The standard InChI is InChI=1S/C5H4ClNO2S.Na/c6-4-1-2-7-3-5(4)10(8)9;/h1-3H,(H,8,9);/q;+1/p-1. The molecule has 1 aromatic heterocycles. The van der Waals surface area contributed by atoms with E-state index in [9.17, 15) is 8.76 Å². The summed E-state index contributed by atoms with van der Waals surface area (Å²) in [6.45, 7) is 0. The molecule has 1 rings (SSSR count). The Bertz CT molecular complexity index is 270. The maximum Gasteiger partial charge on any atom is 1.00 e. The minimum atomic E-state index is -2.28. The first kappa shape index (κ1) is 11.6. The molecule has 1 atom stereocenters. The van der Waals surface area contributed by atoms with Crippen molar-refractivity contribution < 1.29 is 38.3 Å². The van der Waals surface area contributed by atoms with Crippen molar-refractivity contribution in [2.24, 2.45) is 0 Å². The Morgan fingerprint density at radius 3 is 2.64 bits per heavy atom. The van der Waals surface area contributed by atoms with Gasteiger partial charge in [-0.1, -0.05) is 11.6 Å². The Balaban J connectivity index is 0.000001000. The molecule has 0 radical (unpaired) electrons. The van der Waals surface area contributed by atoms with Crippen LogP contribution in [0.3, 0.4) is 0 Å². The summed E-state index contributed by atoms with van der Waals surface area (Å²) in [5, 5.41) is 0.198. The summed E-state index contributed by atoms with van der Waals surface area (Å²) < 4.78 is 20.6. The van der Waals surface area contributed by atoms with Gasteiger partial charge in [0, 0.05) is 12.4 Å². The molecule has 11 heavy (non-hydrogen) atoms. The third kappa shape index (κ3) is 3.19. The first-order chi connectivity index (χ1) is 4.72. The molecule has 0 saturated heterocycles. The van der Waals surface area contributed by atoms with Crippen molar-refractivity contribution in [2.45, 2.75) is 4.90 Å². The smallest absolute Gasteiger partial charge is 0.768 e. The zero-order valence-electron chi connectivity index (χ0n) is 5.78. The minimum Gasteiger partial charge on any atom is -0.768 e. The van der Waals surface area contributed by atoms with Crippen LogP contribution < -0.4 is 29.6 Å². The van der Waals surface area contributed by atoms with Crippen molar-refractivity contribution in [3.05, 3.63) is 23.5 Å². The topological polar surface area (TPSA) is 53.0 Å². The molecular formula is C5H3ClNNaO2S. The maximum absolute atomic E-state index is 10.3. The van der Waals surface area contributed by atoms with Crippen LogP contribution >= 0.6 is 11.6 Å². The van der Waals surface area contributed by atoms with Crippen LogP contribution in [0.2, 0.25) is 5.02 Å². The largest absolute Gasteiger partial charge is 1.00 e. The summed E-state index contributed by atoms with van der Waals surface area (Å²) in [7, 11) is 0. The number of rotatable bonds is 1. The van der Waals surface area contributed by atoms with Crippen LogP contribution in [0, 0.1) is 0 Å². The maximum atomic E-state index is 10.3. The number of aromatic nitrogens is 1. The van der Waals surface area contributed by atoms with Crippen molar-refractivity contribution in [3.8, 4) is 0 Å². The Kier molecular flexibility index (Phi) is 5.50. The fourth-order valence-corrected chi connectivity index (χ4v) is 1.15. The molecule has 0 fully saturated rings. The van der Waals surface area contributed by atoms with E-state index in [1.807, 2.05) is 0 Å². The molecule has 0 aromatic carbocycles. The van der Waals surface area contributed by atoms with Gasteiger partial charge in [-0.15, -0.1) is 0 Å². The Hall–Kier alpha value is 0.550. The van der Waals surface area contributed by atoms with Crippen LogP contribution in [0.5, 0.6) is 0 Å². The van der Waals surface area contributed by atoms with E-state index in [0.29, 0.717) is 0 Å². The molecule has 0 amide bonds. The van der Waals surface area contributed by atoms with Crippen LogP contribution in [0.25, 0.3) is 0 Å². The molecule has 0 aliphatic rings. The SMILES string of the molecule is O=S([O-])c1cnccc1Cl.[Na+]. The van der Waals surface area contributed by atoms with Gasteiger partial charge >= 0.3 is 29.6 Å². The molecule has 1 aromatic rings. The van der Waals surface area contributed by atoms with Gasteiger partial charge in [0.15, 0.2) is 0 Å². The van der Waals surface area contributed by atoms with E-state index in [-0.39, 0.29) is 39.5 Å². The summed E-state index contributed by atoms with van der Waals surface area (Å²) in [6.07, 6.45) is 2.63. The third-order valence-corrected chi connectivity index (χ3v) is 2.04. The summed E-state index contributed by atoms with van der Waals surface area (Å²) in [6, 6.07) is 1.42. The van der Waals surface area contributed by atoms with Gasteiger partial charge in [0.05, 0.1) is 9.92 Å². The molecule has 3 nitrogen and oxygen atoms in total. The zero-order valence-corrected chi connectivity index (χ0v) is 9.35. The van der Waals surface area contributed by atoms with Gasteiger partial charge in [0.1, 0.15) is 0 Å². The molecule has 54 valence electrons. The van der Waals surface area contributed by atoms with Crippen LogP contribution in [0.15, 0.2) is 23.4 Å². The average molecular weight is 200 g/mol. The molecule has 0 saturated carbocycles. The number of hydrogen-bond donors (Lipinski definition) is 0. The monoisotopic (exact) mass is 199 g/mol. The van der Waals surface area contributed by atoms with Gasteiger partial charge < -0.3 is 4.55 Å². The number of pyridine rings is 1. The molecule has 0 aliphatic heterocycles. The van der Waals surface area contributed by atoms with E-state index in [4.69, 9.17) is 11.6 Å². The fourth-order valence-electron chi connectivity index (χ4n) is 0.486. The van der Waals surface area contributed by atoms with Crippen LogP contribution in [0.1, 0.15) is 0 Å².